The first-order valence-electron chi connectivity index (χ1n) is 8.15. The van der Waals surface area contributed by atoms with Crippen molar-refractivity contribution in [2.75, 3.05) is 18.4 Å². The minimum Gasteiger partial charge on any atom is -0.368 e. The minimum atomic E-state index is -0.184. The SMILES string of the molecule is CC(C)CCNC(=O)c1ccc(NCCc2ccc(Cl)cc2)nn1. The van der Waals surface area contributed by atoms with E-state index in [-0.39, 0.29) is 5.91 Å². The van der Waals surface area contributed by atoms with Crippen molar-refractivity contribution in [3.63, 3.8) is 0 Å². The highest BCUT2D eigenvalue weighted by molar-refractivity contribution is 6.30. The second-order valence-electron chi connectivity index (χ2n) is 6.05. The fourth-order valence-corrected chi connectivity index (χ4v) is 2.22. The molecule has 0 aliphatic heterocycles. The predicted octanol–water partition coefficient (Wildman–Crippen LogP) is 3.56. The molecule has 0 aliphatic carbocycles. The van der Waals surface area contributed by atoms with Crippen LogP contribution in [-0.4, -0.2) is 29.2 Å². The van der Waals surface area contributed by atoms with Crippen molar-refractivity contribution in [3.05, 3.63) is 52.7 Å². The summed E-state index contributed by atoms with van der Waals surface area (Å²) < 4.78 is 0. The van der Waals surface area contributed by atoms with Crippen molar-refractivity contribution in [2.45, 2.75) is 26.7 Å². The summed E-state index contributed by atoms with van der Waals surface area (Å²) in [6, 6.07) is 11.2. The fourth-order valence-electron chi connectivity index (χ4n) is 2.10. The van der Waals surface area contributed by atoms with Gasteiger partial charge in [-0.15, -0.1) is 10.2 Å². The van der Waals surface area contributed by atoms with Gasteiger partial charge < -0.3 is 10.6 Å². The van der Waals surface area contributed by atoms with Gasteiger partial charge in [0.25, 0.3) is 5.91 Å². The van der Waals surface area contributed by atoms with Gasteiger partial charge >= 0.3 is 0 Å². The summed E-state index contributed by atoms with van der Waals surface area (Å²) in [4.78, 5) is 11.9. The summed E-state index contributed by atoms with van der Waals surface area (Å²) in [5.74, 6) is 1.03. The van der Waals surface area contributed by atoms with Crippen molar-refractivity contribution in [3.8, 4) is 0 Å². The molecule has 0 saturated carbocycles. The van der Waals surface area contributed by atoms with Crippen LogP contribution in [0.4, 0.5) is 5.82 Å². The quantitative estimate of drug-likeness (QED) is 0.767. The number of benzene rings is 1. The van der Waals surface area contributed by atoms with Gasteiger partial charge in [-0.2, -0.15) is 0 Å². The largest absolute Gasteiger partial charge is 0.368 e. The van der Waals surface area contributed by atoms with Gasteiger partial charge in [-0.05, 0) is 48.6 Å². The second kappa shape index (κ2) is 9.23. The van der Waals surface area contributed by atoms with Gasteiger partial charge in [-0.3, -0.25) is 4.79 Å². The van der Waals surface area contributed by atoms with E-state index in [0.29, 0.717) is 24.0 Å². The normalized spacial score (nSPS) is 10.7. The third-order valence-corrected chi connectivity index (χ3v) is 3.79. The van der Waals surface area contributed by atoms with Gasteiger partial charge in [0.05, 0.1) is 0 Å². The Hall–Kier alpha value is -2.14. The van der Waals surface area contributed by atoms with Crippen LogP contribution < -0.4 is 10.6 Å². The number of aromatic nitrogens is 2. The third-order valence-electron chi connectivity index (χ3n) is 3.54. The standard InChI is InChI=1S/C18H23ClN4O/c1-13(2)9-11-21-18(24)16-7-8-17(23-22-16)20-12-10-14-3-5-15(19)6-4-14/h3-8,13H,9-12H2,1-2H3,(H,20,23)(H,21,24). The van der Waals surface area contributed by atoms with Crippen molar-refractivity contribution in [1.29, 1.82) is 0 Å². The zero-order chi connectivity index (χ0) is 17.4. The maximum absolute atomic E-state index is 11.9. The Morgan fingerprint density at radius 3 is 2.46 bits per heavy atom. The highest BCUT2D eigenvalue weighted by Crippen LogP contribution is 2.10. The number of amides is 1. The first kappa shape index (κ1) is 18.2. The van der Waals surface area contributed by atoms with E-state index < -0.39 is 0 Å². The van der Waals surface area contributed by atoms with E-state index in [9.17, 15) is 4.79 Å². The Morgan fingerprint density at radius 1 is 1.08 bits per heavy atom. The van der Waals surface area contributed by atoms with Crippen molar-refractivity contribution in [1.82, 2.24) is 15.5 Å². The van der Waals surface area contributed by atoms with E-state index in [0.717, 1.165) is 24.4 Å². The van der Waals surface area contributed by atoms with Crippen molar-refractivity contribution in [2.24, 2.45) is 5.92 Å². The van der Waals surface area contributed by atoms with Crippen LogP contribution in [0.1, 0.15) is 36.3 Å². The lowest BCUT2D eigenvalue weighted by molar-refractivity contribution is 0.0946. The highest BCUT2D eigenvalue weighted by atomic mass is 35.5. The molecule has 1 aromatic heterocycles. The first-order valence-corrected chi connectivity index (χ1v) is 8.52. The summed E-state index contributed by atoms with van der Waals surface area (Å²) in [5, 5.41) is 14.8. The Morgan fingerprint density at radius 2 is 1.83 bits per heavy atom. The lowest BCUT2D eigenvalue weighted by atomic mass is 10.1. The number of hydrogen-bond donors (Lipinski definition) is 2. The van der Waals surface area contributed by atoms with Gasteiger partial charge in [0.2, 0.25) is 0 Å². The lowest BCUT2D eigenvalue weighted by Gasteiger charge is -2.08. The zero-order valence-electron chi connectivity index (χ0n) is 14.1. The van der Waals surface area contributed by atoms with E-state index in [4.69, 9.17) is 11.6 Å². The molecule has 0 aliphatic rings. The molecule has 0 radical (unpaired) electrons. The van der Waals surface area contributed by atoms with Gasteiger partial charge in [-0.25, -0.2) is 0 Å². The van der Waals surface area contributed by atoms with Gasteiger partial charge in [-0.1, -0.05) is 37.6 Å². The molecule has 0 unspecified atom stereocenters. The molecular formula is C18H23ClN4O. The molecule has 24 heavy (non-hydrogen) atoms. The molecule has 2 aromatic rings. The van der Waals surface area contributed by atoms with Crippen LogP contribution in [-0.2, 0) is 6.42 Å². The van der Waals surface area contributed by atoms with Crippen LogP contribution in [0.5, 0.6) is 0 Å². The molecule has 2 N–H and O–H groups in total. The highest BCUT2D eigenvalue weighted by Gasteiger charge is 2.07. The molecular weight excluding hydrogens is 324 g/mol. The van der Waals surface area contributed by atoms with Crippen molar-refractivity contribution < 1.29 is 4.79 Å². The maximum Gasteiger partial charge on any atom is 0.271 e. The molecule has 2 rings (SSSR count). The maximum atomic E-state index is 11.9. The second-order valence-corrected chi connectivity index (χ2v) is 6.48. The molecule has 6 heteroatoms. The number of carbonyl (C=O) groups excluding carboxylic acids is 1. The van der Waals surface area contributed by atoms with Gasteiger partial charge in [0, 0.05) is 18.1 Å². The average Bonchev–Trinajstić information content (AvgIpc) is 2.57. The Bertz CT molecular complexity index is 641. The Balaban J connectivity index is 1.77. The summed E-state index contributed by atoms with van der Waals surface area (Å²) in [6.45, 7) is 5.63. The molecule has 1 aromatic carbocycles. The topological polar surface area (TPSA) is 66.9 Å². The molecule has 0 spiro atoms. The van der Waals surface area contributed by atoms with E-state index in [2.05, 4.69) is 34.7 Å². The summed E-state index contributed by atoms with van der Waals surface area (Å²) in [7, 11) is 0. The summed E-state index contributed by atoms with van der Waals surface area (Å²) >= 11 is 5.86. The van der Waals surface area contributed by atoms with Crippen LogP contribution >= 0.6 is 11.6 Å². The van der Waals surface area contributed by atoms with Crippen LogP contribution in [0.3, 0.4) is 0 Å². The smallest absolute Gasteiger partial charge is 0.271 e. The molecule has 128 valence electrons. The molecule has 1 amide bonds. The molecule has 0 saturated heterocycles. The van der Waals surface area contributed by atoms with Crippen LogP contribution in [0.15, 0.2) is 36.4 Å². The van der Waals surface area contributed by atoms with Crippen LogP contribution in [0.2, 0.25) is 5.02 Å². The summed E-state index contributed by atoms with van der Waals surface area (Å²) in [5.41, 5.74) is 1.53. The number of rotatable bonds is 8. The first-order chi connectivity index (χ1) is 11.5. The van der Waals surface area contributed by atoms with E-state index in [1.54, 1.807) is 12.1 Å². The summed E-state index contributed by atoms with van der Waals surface area (Å²) in [6.07, 6.45) is 1.81. The third kappa shape index (κ3) is 6.16. The number of nitrogens with one attached hydrogen (secondary N) is 2. The molecule has 1 heterocycles. The zero-order valence-corrected chi connectivity index (χ0v) is 14.8. The fraction of sp³-hybridized carbons (Fsp3) is 0.389. The number of halogens is 1. The molecule has 0 atom stereocenters. The number of hydrogen-bond acceptors (Lipinski definition) is 4. The Labute approximate surface area is 147 Å². The number of carbonyl (C=O) groups is 1. The minimum absolute atomic E-state index is 0.184. The predicted molar refractivity (Wildman–Crippen MR) is 97.5 cm³/mol. The average molecular weight is 347 g/mol. The van der Waals surface area contributed by atoms with E-state index in [1.807, 2.05) is 24.3 Å². The van der Waals surface area contributed by atoms with Crippen LogP contribution in [0.25, 0.3) is 0 Å². The number of nitrogens with zero attached hydrogens (tertiary/aromatic N) is 2. The van der Waals surface area contributed by atoms with E-state index in [1.165, 1.54) is 5.56 Å². The molecule has 5 nitrogen and oxygen atoms in total. The lowest BCUT2D eigenvalue weighted by Crippen LogP contribution is -2.26. The Kier molecular flexibility index (Phi) is 7.00. The van der Waals surface area contributed by atoms with Crippen LogP contribution in [0, 0.1) is 5.92 Å². The van der Waals surface area contributed by atoms with Gasteiger partial charge in [0.1, 0.15) is 5.82 Å². The van der Waals surface area contributed by atoms with E-state index >= 15 is 0 Å². The monoisotopic (exact) mass is 346 g/mol. The van der Waals surface area contributed by atoms with Crippen molar-refractivity contribution >= 4 is 23.3 Å². The molecule has 0 bridgehead atoms. The number of anilines is 1. The molecule has 0 fully saturated rings. The van der Waals surface area contributed by atoms with Gasteiger partial charge in [0.15, 0.2) is 5.69 Å².